The van der Waals surface area contributed by atoms with Crippen molar-refractivity contribution in [2.24, 2.45) is 0 Å². The Labute approximate surface area is 187 Å². The maximum Gasteiger partial charge on any atom is 0.290 e. The average molecular weight is 488 g/mol. The largest absolute Gasteiger partial charge is 0.503 e. The second-order valence-electron chi connectivity index (χ2n) is 7.47. The molecule has 7 nitrogen and oxygen atoms in total. The highest BCUT2D eigenvalue weighted by Crippen LogP contribution is 2.43. The van der Waals surface area contributed by atoms with E-state index in [4.69, 9.17) is 13.9 Å². The Morgan fingerprint density at radius 2 is 1.97 bits per heavy atom. The van der Waals surface area contributed by atoms with Crippen molar-refractivity contribution >= 4 is 32.8 Å². The van der Waals surface area contributed by atoms with Crippen LogP contribution in [-0.2, 0) is 4.74 Å². The van der Waals surface area contributed by atoms with Crippen molar-refractivity contribution in [3.8, 4) is 11.5 Å². The number of methoxy groups -OCH3 is 2. The summed E-state index contributed by atoms with van der Waals surface area (Å²) in [6.07, 6.45) is 0.593. The predicted octanol–water partition coefficient (Wildman–Crippen LogP) is 4.16. The maximum atomic E-state index is 13.5. The van der Waals surface area contributed by atoms with Gasteiger partial charge in [-0.3, -0.25) is 9.59 Å². The number of phenols is 1. The van der Waals surface area contributed by atoms with E-state index in [9.17, 15) is 14.7 Å². The maximum absolute atomic E-state index is 13.5. The molecule has 1 aliphatic heterocycles. The number of phenolic OH excluding ortho intramolecular Hbond substituents is 1. The highest BCUT2D eigenvalue weighted by Gasteiger charge is 2.42. The number of halogens is 1. The van der Waals surface area contributed by atoms with E-state index in [1.807, 2.05) is 13.0 Å². The number of fused-ring (bicyclic) bond motifs is 2. The first kappa shape index (κ1) is 21.4. The molecule has 1 aliphatic rings. The van der Waals surface area contributed by atoms with Gasteiger partial charge in [0.25, 0.3) is 5.91 Å². The molecular weight excluding hydrogens is 466 g/mol. The molecule has 2 aromatic carbocycles. The van der Waals surface area contributed by atoms with Gasteiger partial charge in [0, 0.05) is 20.3 Å². The molecule has 1 N–H and O–H groups in total. The number of benzene rings is 2. The number of amides is 1. The van der Waals surface area contributed by atoms with Crippen LogP contribution in [0.5, 0.6) is 11.5 Å². The van der Waals surface area contributed by atoms with Gasteiger partial charge in [-0.2, -0.15) is 0 Å². The molecule has 3 aromatic rings. The van der Waals surface area contributed by atoms with Gasteiger partial charge in [-0.25, -0.2) is 0 Å². The zero-order valence-corrected chi connectivity index (χ0v) is 19.0. The monoisotopic (exact) mass is 487 g/mol. The van der Waals surface area contributed by atoms with Crippen molar-refractivity contribution in [3.05, 3.63) is 67.5 Å². The molecular formula is C23H22BrNO6. The van der Waals surface area contributed by atoms with Crippen molar-refractivity contribution < 1.29 is 23.8 Å². The van der Waals surface area contributed by atoms with Crippen LogP contribution in [-0.4, -0.2) is 43.3 Å². The third-order valence-corrected chi connectivity index (χ3v) is 6.06. The lowest BCUT2D eigenvalue weighted by atomic mass is 9.97. The summed E-state index contributed by atoms with van der Waals surface area (Å²) in [4.78, 5) is 28.4. The molecule has 8 heteroatoms. The summed E-state index contributed by atoms with van der Waals surface area (Å²) < 4.78 is 16.8. The fourth-order valence-corrected chi connectivity index (χ4v) is 4.46. The SMILES string of the molecule is COCCCN1C(=O)c2oc3ccc(C)cc3c(=O)c2C1c1cc(Br)c(O)c(OC)c1. The molecule has 0 saturated heterocycles. The van der Waals surface area contributed by atoms with E-state index < -0.39 is 6.04 Å². The van der Waals surface area contributed by atoms with E-state index in [2.05, 4.69) is 15.9 Å². The summed E-state index contributed by atoms with van der Waals surface area (Å²) in [7, 11) is 3.04. The van der Waals surface area contributed by atoms with E-state index in [0.29, 0.717) is 46.1 Å². The lowest BCUT2D eigenvalue weighted by Crippen LogP contribution is -2.31. The van der Waals surface area contributed by atoms with Crippen LogP contribution in [0.25, 0.3) is 11.0 Å². The van der Waals surface area contributed by atoms with Gasteiger partial charge < -0.3 is 23.9 Å². The van der Waals surface area contributed by atoms with Crippen molar-refractivity contribution in [1.29, 1.82) is 0 Å². The van der Waals surface area contributed by atoms with Gasteiger partial charge in [0.1, 0.15) is 5.58 Å². The van der Waals surface area contributed by atoms with Crippen LogP contribution in [0.4, 0.5) is 0 Å². The van der Waals surface area contributed by atoms with Crippen LogP contribution in [0, 0.1) is 6.92 Å². The number of ether oxygens (including phenoxy) is 2. The smallest absolute Gasteiger partial charge is 0.290 e. The zero-order chi connectivity index (χ0) is 22.3. The third kappa shape index (κ3) is 3.59. The fourth-order valence-electron chi connectivity index (χ4n) is 4.00. The standard InChI is InChI=1S/C23H22BrNO6/c1-12-5-6-16-14(9-12)20(26)18-19(13-10-15(24)21(27)17(11-13)30-3)25(7-4-8-29-2)23(28)22(18)31-16/h5-6,9-11,19,27H,4,7-8H2,1-3H3. The van der Waals surface area contributed by atoms with Gasteiger partial charge in [-0.1, -0.05) is 11.6 Å². The Kier molecular flexibility index (Phi) is 5.77. The number of carbonyl (C=O) groups is 1. The quantitative estimate of drug-likeness (QED) is 0.525. The van der Waals surface area contributed by atoms with Gasteiger partial charge in [0.2, 0.25) is 5.76 Å². The number of hydrogen-bond acceptors (Lipinski definition) is 6. The molecule has 1 unspecified atom stereocenters. The molecule has 0 fully saturated rings. The lowest BCUT2D eigenvalue weighted by Gasteiger charge is -2.25. The van der Waals surface area contributed by atoms with Crippen molar-refractivity contribution in [2.45, 2.75) is 19.4 Å². The Balaban J connectivity index is 1.96. The first-order valence-electron chi connectivity index (χ1n) is 9.81. The van der Waals surface area contributed by atoms with Gasteiger partial charge in [-0.05, 0) is 59.1 Å². The van der Waals surface area contributed by atoms with Crippen molar-refractivity contribution in [1.82, 2.24) is 4.90 Å². The molecule has 1 aromatic heterocycles. The number of aromatic hydroxyl groups is 1. The molecule has 0 radical (unpaired) electrons. The first-order valence-corrected chi connectivity index (χ1v) is 10.6. The summed E-state index contributed by atoms with van der Waals surface area (Å²) in [5.74, 6) is -0.114. The number of hydrogen-bond donors (Lipinski definition) is 1. The molecule has 0 aliphatic carbocycles. The first-order chi connectivity index (χ1) is 14.9. The van der Waals surface area contributed by atoms with Crippen LogP contribution in [0.3, 0.4) is 0 Å². The second-order valence-corrected chi connectivity index (χ2v) is 8.33. The summed E-state index contributed by atoms with van der Waals surface area (Å²) in [5.41, 5.74) is 1.98. The van der Waals surface area contributed by atoms with E-state index in [1.165, 1.54) is 7.11 Å². The summed E-state index contributed by atoms with van der Waals surface area (Å²) in [6.45, 7) is 2.74. The molecule has 162 valence electrons. The van der Waals surface area contributed by atoms with E-state index >= 15 is 0 Å². The number of rotatable bonds is 6. The minimum atomic E-state index is -0.675. The van der Waals surface area contributed by atoms with Gasteiger partial charge in [0.05, 0.1) is 28.6 Å². The summed E-state index contributed by atoms with van der Waals surface area (Å²) >= 11 is 3.34. The van der Waals surface area contributed by atoms with Crippen molar-refractivity contribution in [2.75, 3.05) is 27.4 Å². The molecule has 1 amide bonds. The minimum Gasteiger partial charge on any atom is -0.503 e. The molecule has 0 spiro atoms. The van der Waals surface area contributed by atoms with E-state index in [1.54, 1.807) is 36.3 Å². The van der Waals surface area contributed by atoms with Gasteiger partial charge in [0.15, 0.2) is 16.9 Å². The normalized spacial score (nSPS) is 15.5. The molecule has 1 atom stereocenters. The summed E-state index contributed by atoms with van der Waals surface area (Å²) in [5, 5.41) is 10.7. The van der Waals surface area contributed by atoms with Gasteiger partial charge >= 0.3 is 0 Å². The molecule has 31 heavy (non-hydrogen) atoms. The highest BCUT2D eigenvalue weighted by atomic mass is 79.9. The van der Waals surface area contributed by atoms with Crippen LogP contribution in [0.2, 0.25) is 0 Å². The van der Waals surface area contributed by atoms with Crippen LogP contribution in [0.15, 0.2) is 44.0 Å². The Bertz CT molecular complexity index is 1230. The fraction of sp³-hybridized carbons (Fsp3) is 0.304. The van der Waals surface area contributed by atoms with E-state index in [-0.39, 0.29) is 28.6 Å². The van der Waals surface area contributed by atoms with Crippen LogP contribution < -0.4 is 10.2 Å². The Hall–Kier alpha value is -2.84. The molecule has 0 bridgehead atoms. The number of aryl methyl sites for hydroxylation is 1. The highest BCUT2D eigenvalue weighted by molar-refractivity contribution is 9.10. The average Bonchev–Trinajstić information content (AvgIpc) is 3.03. The number of carbonyl (C=O) groups excluding carboxylic acids is 1. The molecule has 0 saturated carbocycles. The summed E-state index contributed by atoms with van der Waals surface area (Å²) in [6, 6.07) is 7.97. The van der Waals surface area contributed by atoms with Crippen LogP contribution >= 0.6 is 15.9 Å². The van der Waals surface area contributed by atoms with Gasteiger partial charge in [-0.15, -0.1) is 0 Å². The Morgan fingerprint density at radius 1 is 1.19 bits per heavy atom. The van der Waals surface area contributed by atoms with Crippen molar-refractivity contribution in [3.63, 3.8) is 0 Å². The Morgan fingerprint density at radius 3 is 2.68 bits per heavy atom. The minimum absolute atomic E-state index is 0.0481. The molecule has 2 heterocycles. The van der Waals surface area contributed by atoms with Crippen LogP contribution in [0.1, 0.15) is 39.7 Å². The van der Waals surface area contributed by atoms with E-state index in [0.717, 1.165) is 5.56 Å². The number of nitrogens with zero attached hydrogens (tertiary/aromatic N) is 1. The predicted molar refractivity (Wildman–Crippen MR) is 119 cm³/mol. The molecule has 4 rings (SSSR count). The second kappa shape index (κ2) is 8.36. The third-order valence-electron chi connectivity index (χ3n) is 5.46. The zero-order valence-electron chi connectivity index (χ0n) is 17.4. The lowest BCUT2D eigenvalue weighted by molar-refractivity contribution is 0.0707. The topological polar surface area (TPSA) is 89.2 Å².